The fourth-order valence-electron chi connectivity index (χ4n) is 4.03. The maximum Gasteiger partial charge on any atom is 0.311 e. The number of thioether (sulfide) groups is 1. The van der Waals surface area contributed by atoms with Gasteiger partial charge in [0.05, 0.1) is 24.5 Å². The van der Waals surface area contributed by atoms with Gasteiger partial charge in [0.2, 0.25) is 5.91 Å². The van der Waals surface area contributed by atoms with E-state index in [1.54, 1.807) is 66.9 Å². The largest absolute Gasteiger partial charge is 0.466 e. The first kappa shape index (κ1) is 33.2. The molecule has 4 aromatic rings. The van der Waals surface area contributed by atoms with E-state index < -0.39 is 11.8 Å². The molecule has 0 saturated heterocycles. The molecule has 0 radical (unpaired) electrons. The van der Waals surface area contributed by atoms with E-state index in [0.717, 1.165) is 10.5 Å². The molecule has 0 spiro atoms. The maximum atomic E-state index is 13.3. The number of anilines is 2. The van der Waals surface area contributed by atoms with Crippen molar-refractivity contribution in [2.45, 2.75) is 38.0 Å². The van der Waals surface area contributed by atoms with Crippen molar-refractivity contribution in [3.05, 3.63) is 112 Å². The third-order valence-electron chi connectivity index (χ3n) is 6.35. The first-order valence-electron chi connectivity index (χ1n) is 14.3. The first-order valence-corrected chi connectivity index (χ1v) is 16.2. The summed E-state index contributed by atoms with van der Waals surface area (Å²) in [6.45, 7) is 6.26. The molecule has 0 aliphatic carbocycles. The highest BCUT2D eigenvalue weighted by Gasteiger charge is 2.16. The minimum absolute atomic E-state index is 0.0555. The summed E-state index contributed by atoms with van der Waals surface area (Å²) in [6.07, 6.45) is 1.70. The molecule has 3 aromatic carbocycles. The number of nitrogens with zero attached hydrogens (tertiary/aromatic N) is 1. The van der Waals surface area contributed by atoms with E-state index in [9.17, 15) is 19.2 Å². The van der Waals surface area contributed by atoms with Crippen LogP contribution in [0.1, 0.15) is 53.9 Å². The lowest BCUT2D eigenvalue weighted by atomic mass is 10.0. The van der Waals surface area contributed by atoms with Crippen LogP contribution in [0.3, 0.4) is 0 Å². The van der Waals surface area contributed by atoms with Gasteiger partial charge >= 0.3 is 5.97 Å². The standard InChI is InChI=1S/C34H34N4O5S2/c1-4-43-31(40)19-27-20-45-34(36-27)38-30(39)21-44-28-16-14-26(15-17-28)35-33(42)29(37-32(41)25-8-6-5-7-9-25)18-23-10-12-24(13-11-23)22(2)3/h5-18,20,22H,4,19,21H2,1-3H3,(H,35,42)(H,37,41)(H,36,38,39)/b29-18-. The van der Waals surface area contributed by atoms with Gasteiger partial charge in [-0.25, -0.2) is 4.98 Å². The second kappa shape index (κ2) is 16.4. The quantitative estimate of drug-likeness (QED) is 0.0862. The average molecular weight is 643 g/mol. The van der Waals surface area contributed by atoms with E-state index >= 15 is 0 Å². The van der Waals surface area contributed by atoms with Crippen LogP contribution in [0.25, 0.3) is 6.08 Å². The van der Waals surface area contributed by atoms with Crippen molar-refractivity contribution in [1.82, 2.24) is 10.3 Å². The molecule has 1 aromatic heterocycles. The molecule has 0 saturated carbocycles. The molecule has 3 amide bonds. The van der Waals surface area contributed by atoms with Gasteiger partial charge in [0.15, 0.2) is 5.13 Å². The second-order valence-electron chi connectivity index (χ2n) is 10.1. The molecular weight excluding hydrogens is 609 g/mol. The molecule has 4 rings (SSSR count). The van der Waals surface area contributed by atoms with E-state index in [-0.39, 0.29) is 29.7 Å². The first-order chi connectivity index (χ1) is 21.7. The van der Waals surface area contributed by atoms with Crippen molar-refractivity contribution in [2.24, 2.45) is 0 Å². The van der Waals surface area contributed by atoms with Crippen LogP contribution in [-0.4, -0.2) is 41.0 Å². The number of aromatic nitrogens is 1. The van der Waals surface area contributed by atoms with Crippen molar-refractivity contribution in [3.8, 4) is 0 Å². The zero-order valence-electron chi connectivity index (χ0n) is 25.2. The fraction of sp³-hybridized carbons (Fsp3) is 0.206. The zero-order valence-corrected chi connectivity index (χ0v) is 26.8. The number of benzene rings is 3. The Labute approximate surface area is 270 Å². The molecule has 0 aliphatic rings. The van der Waals surface area contributed by atoms with Crippen LogP contribution in [0.4, 0.5) is 10.8 Å². The Morgan fingerprint density at radius 3 is 2.31 bits per heavy atom. The Morgan fingerprint density at radius 1 is 0.933 bits per heavy atom. The minimum atomic E-state index is -0.474. The highest BCUT2D eigenvalue weighted by Crippen LogP contribution is 2.23. The number of nitrogens with one attached hydrogen (secondary N) is 3. The van der Waals surface area contributed by atoms with Gasteiger partial charge in [-0.2, -0.15) is 0 Å². The molecule has 0 fully saturated rings. The highest BCUT2D eigenvalue weighted by atomic mass is 32.2. The van der Waals surface area contributed by atoms with Crippen molar-refractivity contribution in [3.63, 3.8) is 0 Å². The summed E-state index contributed by atoms with van der Waals surface area (Å²) >= 11 is 2.57. The molecular formula is C34H34N4O5S2. The van der Waals surface area contributed by atoms with Crippen molar-refractivity contribution < 1.29 is 23.9 Å². The number of rotatable bonds is 13. The zero-order chi connectivity index (χ0) is 32.2. The van der Waals surface area contributed by atoms with E-state index in [1.165, 1.54) is 28.7 Å². The summed E-state index contributed by atoms with van der Waals surface area (Å²) in [7, 11) is 0. The van der Waals surface area contributed by atoms with Crippen LogP contribution < -0.4 is 16.0 Å². The number of ether oxygens (including phenoxy) is 1. The minimum Gasteiger partial charge on any atom is -0.466 e. The van der Waals surface area contributed by atoms with Crippen LogP contribution in [0.5, 0.6) is 0 Å². The Balaban J connectivity index is 1.36. The van der Waals surface area contributed by atoms with Gasteiger partial charge < -0.3 is 20.7 Å². The van der Waals surface area contributed by atoms with Gasteiger partial charge in [0.25, 0.3) is 11.8 Å². The number of carbonyl (C=O) groups is 4. The molecule has 0 bridgehead atoms. The molecule has 45 heavy (non-hydrogen) atoms. The van der Waals surface area contributed by atoms with Crippen LogP contribution in [0, 0.1) is 0 Å². The molecule has 11 heteroatoms. The number of amides is 3. The van der Waals surface area contributed by atoms with Gasteiger partial charge in [-0.05, 0) is 66.4 Å². The number of thiazole rings is 1. The van der Waals surface area contributed by atoms with Crippen LogP contribution in [-0.2, 0) is 25.5 Å². The molecule has 1 heterocycles. The third kappa shape index (κ3) is 10.4. The molecule has 0 atom stereocenters. The maximum absolute atomic E-state index is 13.3. The van der Waals surface area contributed by atoms with Gasteiger partial charge in [-0.1, -0.05) is 56.3 Å². The van der Waals surface area contributed by atoms with E-state index in [1.807, 2.05) is 30.3 Å². The summed E-state index contributed by atoms with van der Waals surface area (Å²) in [5.41, 5.74) is 3.55. The molecule has 232 valence electrons. The lowest BCUT2D eigenvalue weighted by Crippen LogP contribution is -2.30. The van der Waals surface area contributed by atoms with Gasteiger partial charge in [-0.15, -0.1) is 23.1 Å². The van der Waals surface area contributed by atoms with Gasteiger partial charge in [0, 0.05) is 21.5 Å². The monoisotopic (exact) mass is 642 g/mol. The Hall–Kier alpha value is -4.74. The highest BCUT2D eigenvalue weighted by molar-refractivity contribution is 8.00. The van der Waals surface area contributed by atoms with Crippen LogP contribution >= 0.6 is 23.1 Å². The molecule has 9 nitrogen and oxygen atoms in total. The number of hydrogen-bond acceptors (Lipinski definition) is 8. The van der Waals surface area contributed by atoms with E-state index in [2.05, 4.69) is 34.8 Å². The van der Waals surface area contributed by atoms with Crippen molar-refractivity contribution in [1.29, 1.82) is 0 Å². The number of carbonyl (C=O) groups excluding carboxylic acids is 4. The average Bonchev–Trinajstić information content (AvgIpc) is 3.47. The van der Waals surface area contributed by atoms with E-state index in [4.69, 9.17) is 4.74 Å². The smallest absolute Gasteiger partial charge is 0.311 e. The summed E-state index contributed by atoms with van der Waals surface area (Å²) in [6, 6.07) is 23.6. The Bertz CT molecular complexity index is 1650. The predicted molar refractivity (Wildman–Crippen MR) is 179 cm³/mol. The summed E-state index contributed by atoms with van der Waals surface area (Å²) in [4.78, 5) is 55.4. The molecule has 3 N–H and O–H groups in total. The Morgan fingerprint density at radius 2 is 1.64 bits per heavy atom. The SMILES string of the molecule is CCOC(=O)Cc1csc(NC(=O)CSc2ccc(NC(=O)/C(=C/c3ccc(C(C)C)cc3)NC(=O)c3ccccc3)cc2)n1. The predicted octanol–water partition coefficient (Wildman–Crippen LogP) is 6.51. The van der Waals surface area contributed by atoms with Crippen molar-refractivity contribution >= 4 is 63.7 Å². The summed E-state index contributed by atoms with van der Waals surface area (Å²) in [5.74, 6) is -0.954. The second-order valence-corrected chi connectivity index (χ2v) is 12.0. The lowest BCUT2D eigenvalue weighted by molar-refractivity contribution is -0.142. The number of hydrogen-bond donors (Lipinski definition) is 3. The van der Waals surface area contributed by atoms with Crippen LogP contribution in [0.2, 0.25) is 0 Å². The molecule has 0 unspecified atom stereocenters. The lowest BCUT2D eigenvalue weighted by Gasteiger charge is -2.12. The van der Waals surface area contributed by atoms with Crippen molar-refractivity contribution in [2.75, 3.05) is 23.0 Å². The number of esters is 1. The topological polar surface area (TPSA) is 126 Å². The van der Waals surface area contributed by atoms with Crippen LogP contribution in [0.15, 0.2) is 94.8 Å². The summed E-state index contributed by atoms with van der Waals surface area (Å²) < 4.78 is 4.92. The van der Waals surface area contributed by atoms with Gasteiger partial charge in [0.1, 0.15) is 5.70 Å². The van der Waals surface area contributed by atoms with Gasteiger partial charge in [-0.3, -0.25) is 19.2 Å². The fourth-order valence-corrected chi connectivity index (χ4v) is 5.45. The third-order valence-corrected chi connectivity index (χ3v) is 8.17. The normalized spacial score (nSPS) is 11.2. The molecule has 0 aliphatic heterocycles. The summed E-state index contributed by atoms with van der Waals surface area (Å²) in [5, 5.41) is 10.5. The van der Waals surface area contributed by atoms with E-state index in [0.29, 0.717) is 34.6 Å². The Kier molecular flexibility index (Phi) is 12.1.